The Kier molecular flexibility index (Phi) is 3.24. The van der Waals surface area contributed by atoms with Gasteiger partial charge in [-0.1, -0.05) is 40.9 Å². The number of hydrogen-bond donors (Lipinski definition) is 2. The standard InChI is InChI=1S/C19H20BrN3/c20-13-6-7-14-11(9-13)5-8-16-18(14)23-19(22-16)17-10-12-3-1-2-4-15(12)21-17/h5-9,12,15,17,21H,1-4,10H2,(H,22,23)/t12-,15-,17-/m0/s1. The van der Waals surface area contributed by atoms with Crippen molar-refractivity contribution < 1.29 is 0 Å². The number of rotatable bonds is 1. The van der Waals surface area contributed by atoms with E-state index in [4.69, 9.17) is 4.98 Å². The largest absolute Gasteiger partial charge is 0.341 e. The van der Waals surface area contributed by atoms with Gasteiger partial charge in [0.1, 0.15) is 5.82 Å². The Labute approximate surface area is 144 Å². The van der Waals surface area contributed by atoms with Crippen molar-refractivity contribution in [2.45, 2.75) is 44.2 Å². The molecule has 1 aliphatic heterocycles. The van der Waals surface area contributed by atoms with Gasteiger partial charge in [0, 0.05) is 15.9 Å². The molecule has 1 aromatic heterocycles. The lowest BCUT2D eigenvalue weighted by atomic mass is 9.85. The van der Waals surface area contributed by atoms with Crippen LogP contribution < -0.4 is 5.32 Å². The van der Waals surface area contributed by atoms with Crippen LogP contribution in [-0.4, -0.2) is 16.0 Å². The Bertz CT molecular complexity index is 871. The first-order valence-electron chi connectivity index (χ1n) is 8.62. The summed E-state index contributed by atoms with van der Waals surface area (Å²) in [6, 6.07) is 11.8. The molecule has 2 N–H and O–H groups in total. The van der Waals surface area contributed by atoms with Crippen LogP contribution in [0.1, 0.15) is 44.0 Å². The monoisotopic (exact) mass is 369 g/mol. The average Bonchev–Trinajstić information content (AvgIpc) is 3.18. The first kappa shape index (κ1) is 14.0. The number of nitrogens with zero attached hydrogens (tertiary/aromatic N) is 1. The molecule has 3 atom stereocenters. The highest BCUT2D eigenvalue weighted by Gasteiger charge is 2.36. The normalized spacial score (nSPS) is 27.6. The molecule has 118 valence electrons. The van der Waals surface area contributed by atoms with Crippen molar-refractivity contribution in [1.29, 1.82) is 0 Å². The van der Waals surface area contributed by atoms with Crippen molar-refractivity contribution >= 4 is 37.7 Å². The molecule has 23 heavy (non-hydrogen) atoms. The predicted octanol–water partition coefficient (Wildman–Crippen LogP) is 5.07. The molecule has 2 aromatic carbocycles. The summed E-state index contributed by atoms with van der Waals surface area (Å²) >= 11 is 3.55. The third-order valence-electron chi connectivity index (χ3n) is 5.64. The lowest BCUT2D eigenvalue weighted by Gasteiger charge is -2.24. The van der Waals surface area contributed by atoms with Gasteiger partial charge >= 0.3 is 0 Å². The first-order chi connectivity index (χ1) is 11.3. The fourth-order valence-corrected chi connectivity index (χ4v) is 4.86. The van der Waals surface area contributed by atoms with E-state index in [9.17, 15) is 0 Å². The molecule has 4 heteroatoms. The van der Waals surface area contributed by atoms with Gasteiger partial charge in [-0.05, 0) is 48.8 Å². The molecule has 1 aliphatic carbocycles. The Balaban J connectivity index is 1.56. The minimum Gasteiger partial charge on any atom is -0.341 e. The van der Waals surface area contributed by atoms with Crippen molar-refractivity contribution in [3.63, 3.8) is 0 Å². The number of nitrogens with one attached hydrogen (secondary N) is 2. The second kappa shape index (κ2) is 5.32. The second-order valence-electron chi connectivity index (χ2n) is 7.06. The minimum atomic E-state index is 0.390. The summed E-state index contributed by atoms with van der Waals surface area (Å²) in [5.41, 5.74) is 2.24. The van der Waals surface area contributed by atoms with E-state index in [-0.39, 0.29) is 0 Å². The number of benzene rings is 2. The van der Waals surface area contributed by atoms with Crippen LogP contribution in [0.25, 0.3) is 21.8 Å². The van der Waals surface area contributed by atoms with Gasteiger partial charge in [0.15, 0.2) is 0 Å². The molecule has 1 saturated carbocycles. The molecule has 3 nitrogen and oxygen atoms in total. The molecule has 0 amide bonds. The predicted molar refractivity (Wildman–Crippen MR) is 97.5 cm³/mol. The van der Waals surface area contributed by atoms with E-state index < -0.39 is 0 Å². The topological polar surface area (TPSA) is 40.7 Å². The molecule has 0 unspecified atom stereocenters. The smallest absolute Gasteiger partial charge is 0.124 e. The summed E-state index contributed by atoms with van der Waals surface area (Å²) in [5.74, 6) is 1.96. The van der Waals surface area contributed by atoms with E-state index in [1.807, 2.05) is 0 Å². The summed E-state index contributed by atoms with van der Waals surface area (Å²) in [7, 11) is 0. The fraction of sp³-hybridized carbons (Fsp3) is 0.421. The zero-order chi connectivity index (χ0) is 15.4. The number of H-pyrrole nitrogens is 1. The number of imidazole rings is 1. The number of aromatic amines is 1. The molecule has 2 fully saturated rings. The molecular weight excluding hydrogens is 350 g/mol. The lowest BCUT2D eigenvalue weighted by Crippen LogP contribution is -2.30. The number of halogens is 1. The maximum absolute atomic E-state index is 4.98. The van der Waals surface area contributed by atoms with Crippen molar-refractivity contribution in [2.75, 3.05) is 0 Å². The third kappa shape index (κ3) is 2.31. The zero-order valence-electron chi connectivity index (χ0n) is 13.0. The highest BCUT2D eigenvalue weighted by molar-refractivity contribution is 9.10. The molecule has 2 heterocycles. The number of hydrogen-bond acceptors (Lipinski definition) is 2. The van der Waals surface area contributed by atoms with E-state index >= 15 is 0 Å². The van der Waals surface area contributed by atoms with Gasteiger partial charge in [-0.3, -0.25) is 0 Å². The Hall–Kier alpha value is -1.39. The van der Waals surface area contributed by atoms with Crippen LogP contribution in [0.5, 0.6) is 0 Å². The Morgan fingerprint density at radius 2 is 2.00 bits per heavy atom. The van der Waals surface area contributed by atoms with Crippen LogP contribution in [0.3, 0.4) is 0 Å². The fourth-order valence-electron chi connectivity index (χ4n) is 4.49. The van der Waals surface area contributed by atoms with Gasteiger partial charge < -0.3 is 10.3 Å². The number of fused-ring (bicyclic) bond motifs is 4. The van der Waals surface area contributed by atoms with Gasteiger partial charge in [0.05, 0.1) is 17.1 Å². The van der Waals surface area contributed by atoms with Gasteiger partial charge in [0.25, 0.3) is 0 Å². The summed E-state index contributed by atoms with van der Waals surface area (Å²) in [6.45, 7) is 0. The van der Waals surface area contributed by atoms with Crippen LogP contribution in [0, 0.1) is 5.92 Å². The van der Waals surface area contributed by atoms with Crippen molar-refractivity contribution in [1.82, 2.24) is 15.3 Å². The maximum atomic E-state index is 4.98. The maximum Gasteiger partial charge on any atom is 0.124 e. The van der Waals surface area contributed by atoms with Crippen LogP contribution in [-0.2, 0) is 0 Å². The summed E-state index contributed by atoms with van der Waals surface area (Å²) in [4.78, 5) is 8.55. The van der Waals surface area contributed by atoms with E-state index in [1.54, 1.807) is 0 Å². The van der Waals surface area contributed by atoms with Crippen LogP contribution in [0.2, 0.25) is 0 Å². The molecule has 5 rings (SSSR count). The van der Waals surface area contributed by atoms with Crippen LogP contribution in [0.4, 0.5) is 0 Å². The molecular formula is C19H20BrN3. The highest BCUT2D eigenvalue weighted by Crippen LogP contribution is 2.39. The van der Waals surface area contributed by atoms with Crippen molar-refractivity contribution in [3.8, 4) is 0 Å². The van der Waals surface area contributed by atoms with Crippen molar-refractivity contribution in [2.24, 2.45) is 5.92 Å². The van der Waals surface area contributed by atoms with E-state index in [2.05, 4.69) is 56.6 Å². The van der Waals surface area contributed by atoms with E-state index in [0.717, 1.165) is 27.2 Å². The Morgan fingerprint density at radius 1 is 1.09 bits per heavy atom. The lowest BCUT2D eigenvalue weighted by molar-refractivity contribution is 0.325. The first-order valence-corrected chi connectivity index (χ1v) is 9.41. The van der Waals surface area contributed by atoms with Gasteiger partial charge in [-0.15, -0.1) is 0 Å². The van der Waals surface area contributed by atoms with Crippen molar-refractivity contribution in [3.05, 3.63) is 40.6 Å². The molecule has 0 radical (unpaired) electrons. The van der Waals surface area contributed by atoms with E-state index in [0.29, 0.717) is 12.1 Å². The Morgan fingerprint density at radius 3 is 2.91 bits per heavy atom. The molecule has 3 aromatic rings. The average molecular weight is 370 g/mol. The zero-order valence-corrected chi connectivity index (χ0v) is 14.6. The van der Waals surface area contributed by atoms with Crippen LogP contribution >= 0.6 is 15.9 Å². The van der Waals surface area contributed by atoms with E-state index in [1.165, 1.54) is 42.9 Å². The summed E-state index contributed by atoms with van der Waals surface area (Å²) in [6.07, 6.45) is 6.72. The molecule has 0 spiro atoms. The highest BCUT2D eigenvalue weighted by atomic mass is 79.9. The third-order valence-corrected chi connectivity index (χ3v) is 6.13. The van der Waals surface area contributed by atoms with Gasteiger partial charge in [-0.25, -0.2) is 4.98 Å². The SMILES string of the molecule is Brc1ccc2c(ccc3[nH]c([C@@H]4C[C@@H]5CCCC[C@@H]5N4)nc32)c1. The molecule has 0 bridgehead atoms. The second-order valence-corrected chi connectivity index (χ2v) is 7.97. The van der Waals surface area contributed by atoms with Crippen LogP contribution in [0.15, 0.2) is 34.8 Å². The summed E-state index contributed by atoms with van der Waals surface area (Å²) < 4.78 is 1.11. The molecule has 2 aliphatic rings. The number of aromatic nitrogens is 2. The van der Waals surface area contributed by atoms with Gasteiger partial charge in [0.2, 0.25) is 0 Å². The van der Waals surface area contributed by atoms with Gasteiger partial charge in [-0.2, -0.15) is 0 Å². The molecule has 1 saturated heterocycles. The minimum absolute atomic E-state index is 0.390. The quantitative estimate of drug-likeness (QED) is 0.628. The summed E-state index contributed by atoms with van der Waals surface area (Å²) in [5, 5.41) is 6.29.